The van der Waals surface area contributed by atoms with Crippen LogP contribution in [0.2, 0.25) is 0 Å². The van der Waals surface area contributed by atoms with Gasteiger partial charge in [0, 0.05) is 12.4 Å². The summed E-state index contributed by atoms with van der Waals surface area (Å²) in [7, 11) is 0. The van der Waals surface area contributed by atoms with E-state index >= 15 is 0 Å². The van der Waals surface area contributed by atoms with Gasteiger partial charge in [0.2, 0.25) is 0 Å². The van der Waals surface area contributed by atoms with Gasteiger partial charge in [-0.1, -0.05) is 42.1 Å². The van der Waals surface area contributed by atoms with Crippen molar-refractivity contribution in [2.45, 2.75) is 10.3 Å². The first-order valence-electron chi connectivity index (χ1n) is 4.85. The average molecular weight is 214 g/mol. The molecule has 1 aromatic heterocycles. The first-order valence-corrected chi connectivity index (χ1v) is 5.73. The molecule has 0 fully saturated rings. The summed E-state index contributed by atoms with van der Waals surface area (Å²) >= 11 is 1.82. The van der Waals surface area contributed by atoms with Crippen LogP contribution in [-0.2, 0) is 0 Å². The van der Waals surface area contributed by atoms with E-state index in [1.54, 1.807) is 0 Å². The van der Waals surface area contributed by atoms with Gasteiger partial charge in [0.05, 0.1) is 10.6 Å². The molecule has 3 rings (SSSR count). The summed E-state index contributed by atoms with van der Waals surface area (Å²) in [6, 6.07) is 12.5. The quantitative estimate of drug-likeness (QED) is 0.788. The molecule has 0 radical (unpaired) electrons. The second kappa shape index (κ2) is 3.59. The molecule has 1 aliphatic heterocycles. The van der Waals surface area contributed by atoms with Crippen molar-refractivity contribution in [3.8, 4) is 0 Å². The first kappa shape index (κ1) is 8.80. The van der Waals surface area contributed by atoms with Gasteiger partial charge in [-0.15, -0.1) is 0 Å². The fourth-order valence-corrected chi connectivity index (χ4v) is 2.78. The zero-order valence-corrected chi connectivity index (χ0v) is 8.87. The number of fused-ring (bicyclic) bond motifs is 1. The van der Waals surface area contributed by atoms with Crippen LogP contribution in [0.3, 0.4) is 0 Å². The lowest BCUT2D eigenvalue weighted by molar-refractivity contribution is 1.13. The van der Waals surface area contributed by atoms with E-state index in [4.69, 9.17) is 0 Å². The topological polar surface area (TPSA) is 24.9 Å². The largest absolute Gasteiger partial charge is 0.368 e. The number of thioether (sulfide) groups is 1. The number of hydrogen-bond donors (Lipinski definition) is 1. The van der Waals surface area contributed by atoms with Gasteiger partial charge in [-0.2, -0.15) is 0 Å². The number of rotatable bonds is 1. The molecule has 15 heavy (non-hydrogen) atoms. The van der Waals surface area contributed by atoms with E-state index in [2.05, 4.69) is 34.6 Å². The highest BCUT2D eigenvalue weighted by molar-refractivity contribution is 8.00. The van der Waals surface area contributed by atoms with Gasteiger partial charge in [-0.3, -0.25) is 4.98 Å². The highest BCUT2D eigenvalue weighted by Gasteiger charge is 2.22. The number of benzene rings is 1. The Morgan fingerprint density at radius 1 is 1.13 bits per heavy atom. The van der Waals surface area contributed by atoms with Crippen molar-refractivity contribution in [2.75, 3.05) is 5.32 Å². The third-order valence-corrected chi connectivity index (χ3v) is 3.62. The van der Waals surface area contributed by atoms with Crippen molar-refractivity contribution in [1.29, 1.82) is 0 Å². The maximum absolute atomic E-state index is 4.12. The molecule has 0 aliphatic carbocycles. The molecule has 0 amide bonds. The summed E-state index contributed by atoms with van der Waals surface area (Å²) in [6.45, 7) is 0. The number of nitrogens with zero attached hydrogens (tertiary/aromatic N) is 1. The highest BCUT2D eigenvalue weighted by atomic mass is 32.2. The maximum Gasteiger partial charge on any atom is 0.103 e. The molecule has 0 saturated heterocycles. The molecule has 0 saturated carbocycles. The van der Waals surface area contributed by atoms with Crippen molar-refractivity contribution in [2.24, 2.45) is 0 Å². The van der Waals surface area contributed by atoms with E-state index in [0.29, 0.717) is 5.37 Å². The molecule has 0 bridgehead atoms. The molecule has 1 atom stereocenters. The van der Waals surface area contributed by atoms with Gasteiger partial charge in [0.1, 0.15) is 5.37 Å². The van der Waals surface area contributed by atoms with Crippen LogP contribution in [0.4, 0.5) is 5.69 Å². The van der Waals surface area contributed by atoms with Gasteiger partial charge in [-0.25, -0.2) is 0 Å². The van der Waals surface area contributed by atoms with E-state index in [9.17, 15) is 0 Å². The van der Waals surface area contributed by atoms with E-state index in [1.165, 1.54) is 16.1 Å². The predicted molar refractivity (Wildman–Crippen MR) is 62.9 cm³/mol. The zero-order valence-electron chi connectivity index (χ0n) is 8.05. The highest BCUT2D eigenvalue weighted by Crippen LogP contribution is 2.45. The smallest absolute Gasteiger partial charge is 0.103 e. The van der Waals surface area contributed by atoms with Gasteiger partial charge < -0.3 is 5.32 Å². The summed E-state index contributed by atoms with van der Waals surface area (Å²) < 4.78 is 0. The Kier molecular flexibility index (Phi) is 2.10. The molecule has 74 valence electrons. The van der Waals surface area contributed by atoms with Crippen molar-refractivity contribution in [3.63, 3.8) is 0 Å². The van der Waals surface area contributed by atoms with E-state index in [1.807, 2.05) is 36.3 Å². The van der Waals surface area contributed by atoms with Crippen molar-refractivity contribution < 1.29 is 0 Å². The Bertz CT molecular complexity index is 445. The van der Waals surface area contributed by atoms with Gasteiger partial charge in [-0.05, 0) is 11.6 Å². The molecular weight excluding hydrogens is 204 g/mol. The fraction of sp³-hybridized carbons (Fsp3) is 0.0833. The summed E-state index contributed by atoms with van der Waals surface area (Å²) in [4.78, 5) is 5.35. The third kappa shape index (κ3) is 1.59. The Labute approximate surface area is 92.7 Å². The number of pyridine rings is 1. The molecule has 2 heterocycles. The van der Waals surface area contributed by atoms with Crippen LogP contribution in [0.25, 0.3) is 0 Å². The average Bonchev–Trinajstić information content (AvgIpc) is 2.74. The van der Waals surface area contributed by atoms with E-state index in [-0.39, 0.29) is 0 Å². The Morgan fingerprint density at radius 2 is 2.00 bits per heavy atom. The first-order chi connectivity index (χ1) is 7.43. The molecule has 1 N–H and O–H groups in total. The van der Waals surface area contributed by atoms with Crippen molar-refractivity contribution in [1.82, 2.24) is 4.98 Å². The normalized spacial score (nSPS) is 18.3. The lowest BCUT2D eigenvalue weighted by Gasteiger charge is -2.09. The van der Waals surface area contributed by atoms with Crippen LogP contribution in [0, 0.1) is 0 Å². The number of hydrogen-bond acceptors (Lipinski definition) is 3. The van der Waals surface area contributed by atoms with Crippen LogP contribution in [-0.4, -0.2) is 4.98 Å². The second-order valence-corrected chi connectivity index (χ2v) is 4.57. The Hall–Kier alpha value is -1.48. The summed E-state index contributed by atoms with van der Waals surface area (Å²) in [5.41, 5.74) is 2.49. The van der Waals surface area contributed by atoms with Gasteiger partial charge in [0.15, 0.2) is 0 Å². The standard InChI is InChI=1S/C12H10N2S/c1-2-4-9(5-3-1)12-14-10-6-7-13-8-11(10)15-12/h1-8,12,14H. The van der Waals surface area contributed by atoms with E-state index < -0.39 is 0 Å². The second-order valence-electron chi connectivity index (χ2n) is 3.42. The molecule has 1 aromatic carbocycles. The van der Waals surface area contributed by atoms with Crippen molar-refractivity contribution in [3.05, 3.63) is 54.4 Å². The van der Waals surface area contributed by atoms with Crippen LogP contribution in [0.1, 0.15) is 10.9 Å². The molecular formula is C12H10N2S. The molecule has 3 heteroatoms. The molecule has 2 aromatic rings. The number of nitrogens with one attached hydrogen (secondary N) is 1. The minimum Gasteiger partial charge on any atom is -0.368 e. The maximum atomic E-state index is 4.12. The van der Waals surface area contributed by atoms with Crippen LogP contribution >= 0.6 is 11.8 Å². The van der Waals surface area contributed by atoms with Gasteiger partial charge in [0.25, 0.3) is 0 Å². The Morgan fingerprint density at radius 3 is 2.80 bits per heavy atom. The number of anilines is 1. The van der Waals surface area contributed by atoms with E-state index in [0.717, 1.165) is 0 Å². The monoisotopic (exact) mass is 214 g/mol. The fourth-order valence-electron chi connectivity index (χ4n) is 1.67. The lowest BCUT2D eigenvalue weighted by Crippen LogP contribution is -2.00. The van der Waals surface area contributed by atoms with Gasteiger partial charge >= 0.3 is 0 Å². The molecule has 1 unspecified atom stereocenters. The minimum atomic E-state index is 0.324. The molecule has 2 nitrogen and oxygen atoms in total. The number of aromatic nitrogens is 1. The van der Waals surface area contributed by atoms with Crippen LogP contribution < -0.4 is 5.32 Å². The van der Waals surface area contributed by atoms with Crippen molar-refractivity contribution >= 4 is 17.4 Å². The SMILES string of the molecule is c1ccc(C2Nc3ccncc3S2)cc1. The third-order valence-electron chi connectivity index (χ3n) is 2.42. The summed E-state index contributed by atoms with van der Waals surface area (Å²) in [5.74, 6) is 0. The Balaban J connectivity index is 1.91. The molecule has 1 aliphatic rings. The predicted octanol–water partition coefficient (Wildman–Crippen LogP) is 3.30. The summed E-state index contributed by atoms with van der Waals surface area (Å²) in [5, 5.41) is 3.80. The van der Waals surface area contributed by atoms with Crippen LogP contribution in [0.5, 0.6) is 0 Å². The van der Waals surface area contributed by atoms with Crippen LogP contribution in [0.15, 0.2) is 53.7 Å². The zero-order chi connectivity index (χ0) is 10.1. The lowest BCUT2D eigenvalue weighted by atomic mass is 10.2. The minimum absolute atomic E-state index is 0.324. The summed E-state index contributed by atoms with van der Waals surface area (Å²) in [6.07, 6.45) is 3.73. The molecule has 0 spiro atoms.